The smallest absolute Gasteiger partial charge is 0.229 e. The maximum atomic E-state index is 12.8. The van der Waals surface area contributed by atoms with E-state index in [-0.39, 0.29) is 5.75 Å². The lowest BCUT2D eigenvalue weighted by Crippen LogP contribution is -2.52. The van der Waals surface area contributed by atoms with Crippen LogP contribution < -0.4 is 20.8 Å². The number of likely N-dealkylation sites (N-methyl/N-ethyl adjacent to an activating group) is 1. The number of aromatic hydroxyl groups is 1. The Hall–Kier alpha value is -3.13. The fourth-order valence-corrected chi connectivity index (χ4v) is 6.62. The highest BCUT2D eigenvalue weighted by atomic mass is 31.2. The van der Waals surface area contributed by atoms with Crippen LogP contribution in [0.2, 0.25) is 0 Å². The molecular weight excluding hydrogens is 509 g/mol. The van der Waals surface area contributed by atoms with Crippen molar-refractivity contribution in [3.8, 4) is 5.75 Å². The summed E-state index contributed by atoms with van der Waals surface area (Å²) in [5, 5.41) is 18.2. The number of phenolic OH excluding ortho intramolecular Hbond substituents is 1. The van der Waals surface area contributed by atoms with Gasteiger partial charge in [-0.05, 0) is 64.4 Å². The summed E-state index contributed by atoms with van der Waals surface area (Å²) in [5.41, 5.74) is 3.22. The van der Waals surface area contributed by atoms with Crippen LogP contribution in [0.15, 0.2) is 48.7 Å². The van der Waals surface area contributed by atoms with Crippen molar-refractivity contribution in [2.45, 2.75) is 25.8 Å². The molecule has 0 atom stereocenters. The molecule has 3 aromatic rings. The van der Waals surface area contributed by atoms with Crippen molar-refractivity contribution in [2.75, 3.05) is 75.2 Å². The molecule has 0 amide bonds. The molecule has 1 aromatic heterocycles. The second-order valence-electron chi connectivity index (χ2n) is 11.1. The Labute approximate surface area is 231 Å². The van der Waals surface area contributed by atoms with E-state index >= 15 is 0 Å². The number of piperidine rings is 1. The van der Waals surface area contributed by atoms with Gasteiger partial charge in [-0.1, -0.05) is 12.1 Å². The summed E-state index contributed by atoms with van der Waals surface area (Å²) < 4.78 is 12.8. The van der Waals surface area contributed by atoms with Crippen LogP contribution in [-0.4, -0.2) is 90.6 Å². The third-order valence-corrected chi connectivity index (χ3v) is 9.35. The molecule has 2 fully saturated rings. The molecule has 208 valence electrons. The van der Waals surface area contributed by atoms with Crippen LogP contribution in [0.5, 0.6) is 5.75 Å². The van der Waals surface area contributed by atoms with Crippen molar-refractivity contribution in [1.82, 2.24) is 19.8 Å². The van der Waals surface area contributed by atoms with Gasteiger partial charge >= 0.3 is 0 Å². The summed E-state index contributed by atoms with van der Waals surface area (Å²) in [6.07, 6.45) is 3.98. The number of aromatic nitrogens is 2. The summed E-state index contributed by atoms with van der Waals surface area (Å²) in [6, 6.07) is 13.9. The molecule has 0 saturated carbocycles. The van der Waals surface area contributed by atoms with Gasteiger partial charge in [0.15, 0.2) is 0 Å². The minimum Gasteiger partial charge on any atom is -0.506 e. The highest BCUT2D eigenvalue weighted by Gasteiger charge is 2.27. The Kier molecular flexibility index (Phi) is 8.12. The minimum absolute atomic E-state index is 0.249. The molecule has 2 aromatic carbocycles. The molecule has 2 aliphatic rings. The van der Waals surface area contributed by atoms with Gasteiger partial charge in [-0.15, -0.1) is 0 Å². The first-order valence-electron chi connectivity index (χ1n) is 13.7. The number of rotatable bonds is 7. The molecule has 2 saturated heterocycles. The van der Waals surface area contributed by atoms with Gasteiger partial charge < -0.3 is 30.1 Å². The van der Waals surface area contributed by atoms with E-state index in [1.165, 1.54) is 0 Å². The third-order valence-electron chi connectivity index (χ3n) is 7.80. The van der Waals surface area contributed by atoms with E-state index in [2.05, 4.69) is 42.3 Å². The summed E-state index contributed by atoms with van der Waals surface area (Å²) in [4.78, 5) is 16.4. The number of para-hydroxylation sites is 1. The Morgan fingerprint density at radius 2 is 1.69 bits per heavy atom. The first-order valence-corrected chi connectivity index (χ1v) is 16.3. The van der Waals surface area contributed by atoms with Gasteiger partial charge in [0.25, 0.3) is 0 Å². The van der Waals surface area contributed by atoms with Crippen LogP contribution in [0.25, 0.3) is 0 Å². The molecule has 9 nitrogen and oxygen atoms in total. The van der Waals surface area contributed by atoms with Crippen LogP contribution in [-0.2, 0) is 4.57 Å². The third kappa shape index (κ3) is 6.55. The first kappa shape index (κ1) is 27.4. The number of anilines is 5. The van der Waals surface area contributed by atoms with Crippen LogP contribution in [0.1, 0.15) is 18.4 Å². The Morgan fingerprint density at radius 3 is 2.38 bits per heavy atom. The van der Waals surface area contributed by atoms with Gasteiger partial charge in [-0.25, -0.2) is 4.98 Å². The summed E-state index contributed by atoms with van der Waals surface area (Å²) in [7, 11) is -0.273. The fourth-order valence-electron chi connectivity index (χ4n) is 5.46. The van der Waals surface area contributed by atoms with Crippen molar-refractivity contribution in [3.63, 3.8) is 0 Å². The van der Waals surface area contributed by atoms with E-state index < -0.39 is 7.14 Å². The summed E-state index contributed by atoms with van der Waals surface area (Å²) >= 11 is 0. The van der Waals surface area contributed by atoms with Crippen molar-refractivity contribution in [2.24, 2.45) is 0 Å². The average Bonchev–Trinajstić information content (AvgIpc) is 2.91. The largest absolute Gasteiger partial charge is 0.506 e. The lowest BCUT2D eigenvalue weighted by Gasteiger charge is -2.42. The SMILES string of the molecule is Cc1cnc(Nc2ccc(N3CCC(N4CCN(C)CC4)CC3)c(O)c2)nc1Nc1ccccc1P(C)(C)=O. The zero-order chi connectivity index (χ0) is 27.6. The average molecular weight is 550 g/mol. The Balaban J connectivity index is 1.24. The van der Waals surface area contributed by atoms with Gasteiger partial charge in [0.05, 0.1) is 11.4 Å². The molecular formula is C29H40N7O2P. The molecule has 3 heterocycles. The van der Waals surface area contributed by atoms with E-state index in [0.29, 0.717) is 23.5 Å². The monoisotopic (exact) mass is 549 g/mol. The topological polar surface area (TPSA) is 96.9 Å². The van der Waals surface area contributed by atoms with Crippen molar-refractivity contribution in [1.29, 1.82) is 0 Å². The lowest BCUT2D eigenvalue weighted by atomic mass is 10.0. The van der Waals surface area contributed by atoms with E-state index in [9.17, 15) is 9.67 Å². The van der Waals surface area contributed by atoms with Crippen molar-refractivity contribution in [3.05, 3.63) is 54.2 Å². The van der Waals surface area contributed by atoms with E-state index in [1.807, 2.05) is 43.3 Å². The maximum Gasteiger partial charge on any atom is 0.229 e. The highest BCUT2D eigenvalue weighted by molar-refractivity contribution is 7.70. The summed E-state index contributed by atoms with van der Waals surface area (Å²) in [6.45, 7) is 11.9. The number of benzene rings is 2. The van der Waals surface area contributed by atoms with E-state index in [0.717, 1.165) is 74.4 Å². The van der Waals surface area contributed by atoms with Gasteiger partial charge in [0.2, 0.25) is 5.95 Å². The fraction of sp³-hybridized carbons (Fsp3) is 0.448. The molecule has 10 heteroatoms. The second-order valence-corrected chi connectivity index (χ2v) is 14.3. The Bertz CT molecular complexity index is 1350. The van der Waals surface area contributed by atoms with Crippen LogP contribution in [0.3, 0.4) is 0 Å². The van der Waals surface area contributed by atoms with Crippen molar-refractivity contribution >= 4 is 41.3 Å². The molecule has 0 unspecified atom stereocenters. The quantitative estimate of drug-likeness (QED) is 0.370. The van der Waals surface area contributed by atoms with Crippen molar-refractivity contribution < 1.29 is 9.67 Å². The highest BCUT2D eigenvalue weighted by Crippen LogP contribution is 2.38. The second kappa shape index (κ2) is 11.5. The minimum atomic E-state index is -2.47. The number of hydrogen-bond acceptors (Lipinski definition) is 9. The number of nitrogens with zero attached hydrogens (tertiary/aromatic N) is 5. The first-order chi connectivity index (χ1) is 18.7. The molecule has 39 heavy (non-hydrogen) atoms. The molecule has 0 radical (unpaired) electrons. The number of aryl methyl sites for hydroxylation is 1. The predicted molar refractivity (Wildman–Crippen MR) is 161 cm³/mol. The van der Waals surface area contributed by atoms with Crippen LogP contribution >= 0.6 is 7.14 Å². The van der Waals surface area contributed by atoms with Gasteiger partial charge in [0.1, 0.15) is 18.7 Å². The van der Waals surface area contributed by atoms with Crippen LogP contribution in [0, 0.1) is 6.92 Å². The van der Waals surface area contributed by atoms with Gasteiger partial charge in [-0.3, -0.25) is 4.90 Å². The molecule has 3 N–H and O–H groups in total. The molecule has 0 bridgehead atoms. The Morgan fingerprint density at radius 1 is 0.974 bits per heavy atom. The van der Waals surface area contributed by atoms with Crippen LogP contribution in [0.4, 0.5) is 28.8 Å². The van der Waals surface area contributed by atoms with Gasteiger partial charge in [0, 0.05) is 74.1 Å². The maximum absolute atomic E-state index is 12.8. The zero-order valence-corrected chi connectivity index (χ0v) is 24.3. The van der Waals surface area contributed by atoms with Gasteiger partial charge in [-0.2, -0.15) is 4.98 Å². The number of nitrogens with one attached hydrogen (secondary N) is 2. The predicted octanol–water partition coefficient (Wildman–Crippen LogP) is 4.44. The molecule has 5 rings (SSSR count). The lowest BCUT2D eigenvalue weighted by molar-refractivity contribution is 0.0981. The normalized spacial score (nSPS) is 17.8. The summed E-state index contributed by atoms with van der Waals surface area (Å²) in [5.74, 6) is 1.30. The zero-order valence-electron chi connectivity index (χ0n) is 23.4. The number of hydrogen-bond donors (Lipinski definition) is 3. The molecule has 0 spiro atoms. The molecule has 0 aliphatic carbocycles. The molecule has 2 aliphatic heterocycles. The van der Waals surface area contributed by atoms with E-state index in [4.69, 9.17) is 0 Å². The standard InChI is InChI=1S/C29H40N7O2P/c1-21-20-30-29(33-28(21)32-24-7-5-6-8-27(24)39(3,4)38)31-22-9-10-25(26(37)19-22)36-13-11-23(12-14-36)35-17-15-34(2)16-18-35/h5-10,19-20,23,37H,11-18H2,1-4H3,(H2,30,31,32,33). The number of piperazine rings is 1. The van der Waals surface area contributed by atoms with E-state index in [1.54, 1.807) is 25.6 Å². The number of phenols is 1.